The molecule has 110 valence electrons. The molecule has 0 unspecified atom stereocenters. The van der Waals surface area contributed by atoms with E-state index in [0.29, 0.717) is 23.1 Å². The van der Waals surface area contributed by atoms with Crippen LogP contribution in [0.15, 0.2) is 18.2 Å². The lowest BCUT2D eigenvalue weighted by Gasteiger charge is -2.29. The number of amides is 1. The number of halogens is 2. The van der Waals surface area contributed by atoms with Gasteiger partial charge in [0.25, 0.3) is 0 Å². The Bertz CT molecular complexity index is 475. The number of carbonyl (C=O) groups is 1. The quantitative estimate of drug-likeness (QED) is 0.921. The van der Waals surface area contributed by atoms with Gasteiger partial charge in [0.2, 0.25) is 5.91 Å². The molecular formula is C14H19Cl2N3O. The van der Waals surface area contributed by atoms with Crippen LogP contribution in [0, 0.1) is 0 Å². The summed E-state index contributed by atoms with van der Waals surface area (Å²) in [4.78, 5) is 16.0. The maximum atomic E-state index is 12.1. The van der Waals surface area contributed by atoms with Crippen LogP contribution in [0.4, 0.5) is 0 Å². The highest BCUT2D eigenvalue weighted by atomic mass is 35.5. The molecule has 1 saturated heterocycles. The number of nitrogens with one attached hydrogen (secondary N) is 1. The van der Waals surface area contributed by atoms with E-state index in [-0.39, 0.29) is 5.91 Å². The molecule has 1 aliphatic rings. The van der Waals surface area contributed by atoms with E-state index < -0.39 is 0 Å². The Labute approximate surface area is 129 Å². The molecule has 1 N–H and O–H groups in total. The molecule has 1 fully saturated rings. The molecule has 0 radical (unpaired) electrons. The predicted octanol–water partition coefficient (Wildman–Crippen LogP) is 1.86. The maximum Gasteiger partial charge on any atom is 0.236 e. The highest BCUT2D eigenvalue weighted by Gasteiger charge is 2.18. The second-order valence-corrected chi connectivity index (χ2v) is 5.88. The van der Waals surface area contributed by atoms with Crippen molar-refractivity contribution in [3.8, 4) is 0 Å². The van der Waals surface area contributed by atoms with E-state index in [0.717, 1.165) is 31.7 Å². The molecule has 0 spiro atoms. The normalized spacial score (nSPS) is 15.7. The van der Waals surface area contributed by atoms with Crippen LogP contribution in [0.25, 0.3) is 0 Å². The second-order valence-electron chi connectivity index (χ2n) is 5.04. The van der Waals surface area contributed by atoms with Gasteiger partial charge in [-0.05, 0) is 30.8 Å². The van der Waals surface area contributed by atoms with E-state index >= 15 is 0 Å². The summed E-state index contributed by atoms with van der Waals surface area (Å²) in [5.41, 5.74) is 0.940. The van der Waals surface area contributed by atoms with Crippen LogP contribution < -0.4 is 5.32 Å². The van der Waals surface area contributed by atoms with Gasteiger partial charge >= 0.3 is 0 Å². The van der Waals surface area contributed by atoms with Crippen molar-refractivity contribution >= 4 is 29.1 Å². The van der Waals surface area contributed by atoms with Crippen LogP contribution in [0.1, 0.15) is 5.56 Å². The average molecular weight is 316 g/mol. The lowest BCUT2D eigenvalue weighted by molar-refractivity contribution is -0.132. The summed E-state index contributed by atoms with van der Waals surface area (Å²) < 4.78 is 0. The Hall–Kier alpha value is -0.810. The highest BCUT2D eigenvalue weighted by Crippen LogP contribution is 2.21. The minimum atomic E-state index is 0.159. The predicted molar refractivity (Wildman–Crippen MR) is 82.2 cm³/mol. The zero-order valence-electron chi connectivity index (χ0n) is 11.5. The van der Waals surface area contributed by atoms with Gasteiger partial charge in [-0.2, -0.15) is 0 Å². The largest absolute Gasteiger partial charge is 0.339 e. The molecule has 0 aliphatic carbocycles. The lowest BCUT2D eigenvalue weighted by Crippen LogP contribution is -2.49. The molecule has 1 aromatic carbocycles. The van der Waals surface area contributed by atoms with Gasteiger partial charge in [-0.15, -0.1) is 0 Å². The summed E-state index contributed by atoms with van der Waals surface area (Å²) in [6.07, 6.45) is 0. The highest BCUT2D eigenvalue weighted by molar-refractivity contribution is 6.33. The first-order chi connectivity index (χ1) is 9.56. The number of likely N-dealkylation sites (N-methyl/N-ethyl adjacent to an activating group) is 1. The number of nitrogens with zero attached hydrogens (tertiary/aromatic N) is 2. The van der Waals surface area contributed by atoms with E-state index in [4.69, 9.17) is 23.2 Å². The summed E-state index contributed by atoms with van der Waals surface area (Å²) in [5, 5.41) is 4.57. The summed E-state index contributed by atoms with van der Waals surface area (Å²) in [6, 6.07) is 5.39. The van der Waals surface area contributed by atoms with Crippen molar-refractivity contribution in [1.82, 2.24) is 15.1 Å². The molecular weight excluding hydrogens is 297 g/mol. The van der Waals surface area contributed by atoms with Crippen LogP contribution in [-0.2, 0) is 11.3 Å². The van der Waals surface area contributed by atoms with E-state index in [1.165, 1.54) is 0 Å². The number of hydrogen-bond acceptors (Lipinski definition) is 3. The van der Waals surface area contributed by atoms with Crippen molar-refractivity contribution in [2.75, 3.05) is 39.8 Å². The third-order valence-electron chi connectivity index (χ3n) is 3.32. The lowest BCUT2D eigenvalue weighted by atomic mass is 10.2. The first-order valence-electron chi connectivity index (χ1n) is 6.67. The van der Waals surface area contributed by atoms with Crippen molar-refractivity contribution in [2.45, 2.75) is 6.54 Å². The fourth-order valence-corrected chi connectivity index (χ4v) is 2.63. The third-order valence-corrected chi connectivity index (χ3v) is 3.93. The fraction of sp³-hybridized carbons (Fsp3) is 0.500. The molecule has 1 heterocycles. The van der Waals surface area contributed by atoms with Gasteiger partial charge in [0.05, 0.1) is 6.54 Å². The van der Waals surface area contributed by atoms with Gasteiger partial charge < -0.3 is 10.2 Å². The molecule has 0 saturated carbocycles. The van der Waals surface area contributed by atoms with Crippen LogP contribution in [0.2, 0.25) is 10.0 Å². The topological polar surface area (TPSA) is 35.6 Å². The van der Waals surface area contributed by atoms with Crippen LogP contribution >= 0.6 is 23.2 Å². The fourth-order valence-electron chi connectivity index (χ4n) is 2.26. The summed E-state index contributed by atoms with van der Waals surface area (Å²) in [7, 11) is 1.91. The van der Waals surface area contributed by atoms with Gasteiger partial charge in [-0.25, -0.2) is 0 Å². The Morgan fingerprint density at radius 1 is 1.35 bits per heavy atom. The smallest absolute Gasteiger partial charge is 0.236 e. The van der Waals surface area contributed by atoms with Crippen LogP contribution in [0.3, 0.4) is 0 Å². The van der Waals surface area contributed by atoms with Crippen molar-refractivity contribution in [3.63, 3.8) is 0 Å². The summed E-state index contributed by atoms with van der Waals surface area (Å²) >= 11 is 12.1. The number of carbonyl (C=O) groups excluding carboxylic acids is 1. The zero-order chi connectivity index (χ0) is 14.5. The Balaban J connectivity index is 1.89. The monoisotopic (exact) mass is 315 g/mol. The van der Waals surface area contributed by atoms with Crippen molar-refractivity contribution < 1.29 is 4.79 Å². The molecule has 0 atom stereocenters. The van der Waals surface area contributed by atoms with Crippen molar-refractivity contribution in [3.05, 3.63) is 33.8 Å². The average Bonchev–Trinajstić information content (AvgIpc) is 2.43. The van der Waals surface area contributed by atoms with E-state index in [2.05, 4.69) is 5.32 Å². The number of hydrogen-bond donors (Lipinski definition) is 1. The first kappa shape index (κ1) is 15.6. The van der Waals surface area contributed by atoms with Gasteiger partial charge in [-0.3, -0.25) is 9.69 Å². The van der Waals surface area contributed by atoms with Crippen LogP contribution in [-0.4, -0.2) is 55.5 Å². The molecule has 20 heavy (non-hydrogen) atoms. The number of piperazine rings is 1. The van der Waals surface area contributed by atoms with Gasteiger partial charge in [0.15, 0.2) is 0 Å². The minimum Gasteiger partial charge on any atom is -0.339 e. The maximum absolute atomic E-state index is 12.1. The Morgan fingerprint density at radius 2 is 2.05 bits per heavy atom. The van der Waals surface area contributed by atoms with E-state index in [1.54, 1.807) is 12.1 Å². The number of rotatable bonds is 4. The summed E-state index contributed by atoms with van der Waals surface area (Å²) in [6.45, 7) is 4.31. The Kier molecular flexibility index (Phi) is 5.66. The van der Waals surface area contributed by atoms with E-state index in [1.807, 2.05) is 22.9 Å². The molecule has 1 aromatic rings. The Morgan fingerprint density at radius 3 is 2.75 bits per heavy atom. The van der Waals surface area contributed by atoms with Crippen molar-refractivity contribution in [1.29, 1.82) is 0 Å². The molecule has 0 aromatic heterocycles. The standard InChI is InChI=1S/C14H19Cl2N3O/c1-18(9-11-8-12(15)2-3-13(11)16)10-14(20)19-6-4-17-5-7-19/h2-3,8,17H,4-7,9-10H2,1H3. The third kappa shape index (κ3) is 4.35. The van der Waals surface area contributed by atoms with Gasteiger partial charge in [0.1, 0.15) is 0 Å². The van der Waals surface area contributed by atoms with Crippen molar-refractivity contribution in [2.24, 2.45) is 0 Å². The van der Waals surface area contributed by atoms with Gasteiger partial charge in [-0.1, -0.05) is 23.2 Å². The summed E-state index contributed by atoms with van der Waals surface area (Å²) in [5.74, 6) is 0.159. The molecule has 1 amide bonds. The number of benzene rings is 1. The van der Waals surface area contributed by atoms with Crippen LogP contribution in [0.5, 0.6) is 0 Å². The minimum absolute atomic E-state index is 0.159. The SMILES string of the molecule is CN(CC(=O)N1CCNCC1)Cc1cc(Cl)ccc1Cl. The molecule has 0 bridgehead atoms. The second kappa shape index (κ2) is 7.27. The first-order valence-corrected chi connectivity index (χ1v) is 7.43. The van der Waals surface area contributed by atoms with Gasteiger partial charge in [0, 0.05) is 42.8 Å². The zero-order valence-corrected chi connectivity index (χ0v) is 13.0. The molecule has 1 aliphatic heterocycles. The van der Waals surface area contributed by atoms with E-state index in [9.17, 15) is 4.79 Å². The molecule has 4 nitrogen and oxygen atoms in total. The molecule has 2 rings (SSSR count). The molecule has 6 heteroatoms.